The van der Waals surface area contributed by atoms with Crippen LogP contribution in [0.15, 0.2) is 23.3 Å². The first-order valence-electron chi connectivity index (χ1n) is 7.46. The molecule has 0 aliphatic rings. The minimum Gasteiger partial charge on any atom is -0.476 e. The van der Waals surface area contributed by atoms with Crippen LogP contribution in [0, 0.1) is 0 Å². The highest BCUT2D eigenvalue weighted by Crippen LogP contribution is 2.29. The van der Waals surface area contributed by atoms with E-state index in [4.69, 9.17) is 4.74 Å². The van der Waals surface area contributed by atoms with E-state index in [1.165, 1.54) is 6.07 Å². The number of alkyl halides is 3. The van der Waals surface area contributed by atoms with Crippen LogP contribution >= 0.6 is 0 Å². The molecule has 8 heteroatoms. The molecule has 0 saturated heterocycles. The lowest BCUT2D eigenvalue weighted by Gasteiger charge is -2.21. The maximum Gasteiger partial charge on any atom is 0.417 e. The van der Waals surface area contributed by atoms with Crippen LogP contribution in [0.1, 0.15) is 25.3 Å². The number of guanidine groups is 1. The van der Waals surface area contributed by atoms with Crippen molar-refractivity contribution in [1.82, 2.24) is 15.2 Å². The van der Waals surface area contributed by atoms with Gasteiger partial charge in [0.25, 0.3) is 0 Å². The van der Waals surface area contributed by atoms with Gasteiger partial charge in [0, 0.05) is 32.9 Å². The topological polar surface area (TPSA) is 49.8 Å². The monoisotopic (exact) mass is 332 g/mol. The predicted molar refractivity (Wildman–Crippen MR) is 83.6 cm³/mol. The molecule has 1 aromatic heterocycles. The fourth-order valence-electron chi connectivity index (χ4n) is 1.84. The lowest BCUT2D eigenvalue weighted by molar-refractivity contribution is -0.137. The van der Waals surface area contributed by atoms with Crippen molar-refractivity contribution in [2.45, 2.75) is 25.9 Å². The third-order valence-corrected chi connectivity index (χ3v) is 3.12. The summed E-state index contributed by atoms with van der Waals surface area (Å²) >= 11 is 0. The first kappa shape index (κ1) is 19.1. The summed E-state index contributed by atoms with van der Waals surface area (Å²) in [6.07, 6.45) is -1.45. The van der Waals surface area contributed by atoms with E-state index >= 15 is 0 Å². The van der Waals surface area contributed by atoms with Crippen molar-refractivity contribution in [3.63, 3.8) is 0 Å². The second kappa shape index (κ2) is 9.22. The van der Waals surface area contributed by atoms with Crippen molar-refractivity contribution in [3.05, 3.63) is 23.9 Å². The number of rotatable bonds is 7. The maximum atomic E-state index is 12.4. The normalized spacial score (nSPS) is 12.2. The summed E-state index contributed by atoms with van der Waals surface area (Å²) in [7, 11) is 3.65. The Hall–Kier alpha value is -1.99. The first-order valence-corrected chi connectivity index (χ1v) is 7.46. The molecule has 0 spiro atoms. The molecule has 0 radical (unpaired) electrons. The summed E-state index contributed by atoms with van der Waals surface area (Å²) in [5, 5.41) is 3.13. The van der Waals surface area contributed by atoms with E-state index < -0.39 is 11.7 Å². The average Bonchev–Trinajstić information content (AvgIpc) is 2.52. The second-order valence-corrected chi connectivity index (χ2v) is 4.98. The molecule has 0 unspecified atom stereocenters. The van der Waals surface area contributed by atoms with Crippen molar-refractivity contribution in [2.75, 3.05) is 33.8 Å². The van der Waals surface area contributed by atoms with Crippen LogP contribution in [0.25, 0.3) is 0 Å². The molecular formula is C15H23F3N4O. The van der Waals surface area contributed by atoms with Gasteiger partial charge in [0.05, 0.1) is 12.1 Å². The minimum absolute atomic E-state index is 0.161. The van der Waals surface area contributed by atoms with E-state index in [2.05, 4.69) is 22.2 Å². The Morgan fingerprint density at radius 2 is 2.13 bits per heavy atom. The van der Waals surface area contributed by atoms with Gasteiger partial charge in [-0.2, -0.15) is 13.2 Å². The predicted octanol–water partition coefficient (Wildman–Crippen LogP) is 2.79. The number of pyridine rings is 1. The van der Waals surface area contributed by atoms with Crippen molar-refractivity contribution in [3.8, 4) is 5.88 Å². The Labute approximate surface area is 134 Å². The molecule has 1 heterocycles. The van der Waals surface area contributed by atoms with Crippen molar-refractivity contribution in [1.29, 1.82) is 0 Å². The molecule has 130 valence electrons. The second-order valence-electron chi connectivity index (χ2n) is 4.98. The number of hydrogen-bond donors (Lipinski definition) is 1. The minimum atomic E-state index is -4.39. The van der Waals surface area contributed by atoms with Crippen molar-refractivity contribution < 1.29 is 17.9 Å². The van der Waals surface area contributed by atoms with Gasteiger partial charge in [0.15, 0.2) is 5.96 Å². The zero-order valence-corrected chi connectivity index (χ0v) is 13.7. The summed E-state index contributed by atoms with van der Waals surface area (Å²) in [6.45, 7) is 3.78. The van der Waals surface area contributed by atoms with Gasteiger partial charge in [-0.25, -0.2) is 4.98 Å². The van der Waals surface area contributed by atoms with E-state index in [1.807, 2.05) is 11.9 Å². The SMILES string of the molecule is CCCCN(C)C(=NC)NCCOc1ccc(C(F)(F)F)cn1. The zero-order chi connectivity index (χ0) is 17.3. The molecule has 0 atom stereocenters. The van der Waals surface area contributed by atoms with E-state index in [0.29, 0.717) is 6.54 Å². The van der Waals surface area contributed by atoms with E-state index in [1.54, 1.807) is 7.05 Å². The van der Waals surface area contributed by atoms with Crippen molar-refractivity contribution >= 4 is 5.96 Å². The Bertz CT molecular complexity index is 488. The van der Waals surface area contributed by atoms with Crippen LogP contribution < -0.4 is 10.1 Å². The number of aliphatic imine (C=N–C) groups is 1. The Kier molecular flexibility index (Phi) is 7.64. The van der Waals surface area contributed by atoms with Gasteiger partial charge < -0.3 is 15.0 Å². The molecule has 0 aliphatic heterocycles. The largest absolute Gasteiger partial charge is 0.476 e. The molecule has 0 amide bonds. The molecule has 1 aromatic rings. The van der Waals surface area contributed by atoms with Gasteiger partial charge in [0.1, 0.15) is 6.61 Å². The Balaban J connectivity index is 2.36. The molecule has 1 rings (SSSR count). The molecule has 0 bridgehead atoms. The third-order valence-electron chi connectivity index (χ3n) is 3.12. The van der Waals surface area contributed by atoms with Gasteiger partial charge in [-0.1, -0.05) is 13.3 Å². The number of unbranched alkanes of at least 4 members (excludes halogenated alkanes) is 1. The van der Waals surface area contributed by atoms with E-state index in [9.17, 15) is 13.2 Å². The lowest BCUT2D eigenvalue weighted by Crippen LogP contribution is -2.41. The summed E-state index contributed by atoms with van der Waals surface area (Å²) in [5.74, 6) is 0.913. The van der Waals surface area contributed by atoms with Crippen LogP contribution in [0.4, 0.5) is 13.2 Å². The molecule has 1 N–H and O–H groups in total. The summed E-state index contributed by atoms with van der Waals surface area (Å²) < 4.78 is 42.5. The first-order chi connectivity index (χ1) is 10.9. The lowest BCUT2D eigenvalue weighted by atomic mass is 10.3. The summed E-state index contributed by atoms with van der Waals surface area (Å²) in [4.78, 5) is 9.82. The maximum absolute atomic E-state index is 12.4. The third kappa shape index (κ3) is 6.75. The van der Waals surface area contributed by atoms with E-state index in [0.717, 1.165) is 37.6 Å². The van der Waals surface area contributed by atoms with Crippen LogP contribution in [-0.4, -0.2) is 49.6 Å². The fraction of sp³-hybridized carbons (Fsp3) is 0.600. The standard InChI is InChI=1S/C15H23F3N4O/c1-4-5-9-22(3)14(19-2)20-8-10-23-13-7-6-12(11-21-13)15(16,17)18/h6-7,11H,4-5,8-10H2,1-3H3,(H,19,20). The highest BCUT2D eigenvalue weighted by Gasteiger charge is 2.30. The quantitative estimate of drug-likeness (QED) is 0.474. The van der Waals surface area contributed by atoms with Gasteiger partial charge in [-0.3, -0.25) is 4.99 Å². The Morgan fingerprint density at radius 3 is 2.65 bits per heavy atom. The molecule has 0 saturated carbocycles. The number of ether oxygens (including phenoxy) is 1. The molecule has 0 aliphatic carbocycles. The van der Waals surface area contributed by atoms with E-state index in [-0.39, 0.29) is 12.5 Å². The molecule has 0 aromatic carbocycles. The highest BCUT2D eigenvalue weighted by atomic mass is 19.4. The summed E-state index contributed by atoms with van der Waals surface area (Å²) in [5.41, 5.74) is -0.791. The van der Waals surface area contributed by atoms with Gasteiger partial charge >= 0.3 is 6.18 Å². The van der Waals surface area contributed by atoms with Crippen LogP contribution in [-0.2, 0) is 6.18 Å². The number of nitrogens with zero attached hydrogens (tertiary/aromatic N) is 3. The zero-order valence-electron chi connectivity index (χ0n) is 13.7. The smallest absolute Gasteiger partial charge is 0.417 e. The Morgan fingerprint density at radius 1 is 1.39 bits per heavy atom. The highest BCUT2D eigenvalue weighted by molar-refractivity contribution is 5.79. The number of aromatic nitrogens is 1. The summed E-state index contributed by atoms with van der Waals surface area (Å²) in [6, 6.07) is 2.16. The number of halogens is 3. The van der Waals surface area contributed by atoms with Crippen LogP contribution in [0.2, 0.25) is 0 Å². The fourth-order valence-corrected chi connectivity index (χ4v) is 1.84. The molecule has 23 heavy (non-hydrogen) atoms. The van der Waals surface area contributed by atoms with Gasteiger partial charge in [-0.15, -0.1) is 0 Å². The number of hydrogen-bond acceptors (Lipinski definition) is 3. The number of nitrogens with one attached hydrogen (secondary N) is 1. The van der Waals surface area contributed by atoms with Crippen LogP contribution in [0.5, 0.6) is 5.88 Å². The van der Waals surface area contributed by atoms with Crippen LogP contribution in [0.3, 0.4) is 0 Å². The molecular weight excluding hydrogens is 309 g/mol. The average molecular weight is 332 g/mol. The molecule has 0 fully saturated rings. The van der Waals surface area contributed by atoms with Crippen molar-refractivity contribution in [2.24, 2.45) is 4.99 Å². The van der Waals surface area contributed by atoms with Gasteiger partial charge in [-0.05, 0) is 12.5 Å². The molecule has 5 nitrogen and oxygen atoms in total. The van der Waals surface area contributed by atoms with Gasteiger partial charge in [0.2, 0.25) is 5.88 Å².